The SMILES string of the molecule is C=C(C)C(=O)OC(C)(CC)C(N)(CC)CC.Cl. The first kappa shape index (κ1) is 18.8. The first-order valence-electron chi connectivity index (χ1n) is 5.94. The number of carbonyl (C=O) groups is 1. The first-order chi connectivity index (χ1) is 7.26. The van der Waals surface area contributed by atoms with Gasteiger partial charge in [-0.2, -0.15) is 0 Å². The molecule has 2 N–H and O–H groups in total. The highest BCUT2D eigenvalue weighted by molar-refractivity contribution is 5.87. The quantitative estimate of drug-likeness (QED) is 0.591. The monoisotopic (exact) mass is 263 g/mol. The molecule has 0 aliphatic carbocycles. The van der Waals surface area contributed by atoms with E-state index in [4.69, 9.17) is 10.5 Å². The Balaban J connectivity index is 0. The Morgan fingerprint density at radius 2 is 1.65 bits per heavy atom. The van der Waals surface area contributed by atoms with E-state index >= 15 is 0 Å². The van der Waals surface area contributed by atoms with E-state index in [0.29, 0.717) is 12.0 Å². The Kier molecular flexibility index (Phi) is 7.77. The Morgan fingerprint density at radius 3 is 1.88 bits per heavy atom. The average molecular weight is 264 g/mol. The second kappa shape index (κ2) is 7.02. The molecule has 4 heteroatoms. The van der Waals surface area contributed by atoms with Gasteiger partial charge in [0.05, 0.1) is 5.54 Å². The lowest BCUT2D eigenvalue weighted by atomic mass is 9.75. The molecule has 0 amide bonds. The molecule has 0 radical (unpaired) electrons. The summed E-state index contributed by atoms with van der Waals surface area (Å²) in [5.41, 5.74) is 5.63. The smallest absolute Gasteiger partial charge is 0.333 e. The third-order valence-electron chi connectivity index (χ3n) is 3.66. The molecular formula is C13H26ClNO2. The van der Waals surface area contributed by atoms with Crippen molar-refractivity contribution >= 4 is 18.4 Å². The van der Waals surface area contributed by atoms with Gasteiger partial charge in [0.2, 0.25) is 0 Å². The number of esters is 1. The van der Waals surface area contributed by atoms with Crippen molar-refractivity contribution in [3.63, 3.8) is 0 Å². The van der Waals surface area contributed by atoms with E-state index in [9.17, 15) is 4.79 Å². The van der Waals surface area contributed by atoms with Gasteiger partial charge in [-0.3, -0.25) is 0 Å². The van der Waals surface area contributed by atoms with Crippen LogP contribution in [0, 0.1) is 0 Å². The van der Waals surface area contributed by atoms with Crippen molar-refractivity contribution in [1.29, 1.82) is 0 Å². The largest absolute Gasteiger partial charge is 0.454 e. The molecule has 0 aromatic rings. The predicted octanol–water partition coefficient (Wildman–Crippen LogP) is 3.21. The minimum absolute atomic E-state index is 0. The molecule has 0 aliphatic heterocycles. The van der Waals surface area contributed by atoms with Crippen LogP contribution in [0.4, 0.5) is 0 Å². The molecule has 1 atom stereocenters. The highest BCUT2D eigenvalue weighted by atomic mass is 35.5. The minimum Gasteiger partial charge on any atom is -0.454 e. The number of rotatable bonds is 6. The maximum Gasteiger partial charge on any atom is 0.333 e. The van der Waals surface area contributed by atoms with Crippen LogP contribution in [0.3, 0.4) is 0 Å². The average Bonchev–Trinajstić information content (AvgIpc) is 2.27. The number of halogens is 1. The number of hydrogen-bond donors (Lipinski definition) is 1. The Labute approximate surface area is 111 Å². The van der Waals surface area contributed by atoms with Crippen LogP contribution in [-0.2, 0) is 9.53 Å². The van der Waals surface area contributed by atoms with E-state index in [0.717, 1.165) is 12.8 Å². The van der Waals surface area contributed by atoms with Crippen LogP contribution in [0.5, 0.6) is 0 Å². The van der Waals surface area contributed by atoms with Crippen molar-refractivity contribution < 1.29 is 9.53 Å². The fourth-order valence-corrected chi connectivity index (χ4v) is 1.82. The summed E-state index contributed by atoms with van der Waals surface area (Å²) in [5.74, 6) is -0.360. The van der Waals surface area contributed by atoms with Gasteiger partial charge in [-0.15, -0.1) is 12.4 Å². The van der Waals surface area contributed by atoms with Gasteiger partial charge in [-0.05, 0) is 33.1 Å². The molecular weight excluding hydrogens is 238 g/mol. The Morgan fingerprint density at radius 1 is 1.24 bits per heavy atom. The Hall–Kier alpha value is -0.540. The van der Waals surface area contributed by atoms with Crippen LogP contribution in [0.25, 0.3) is 0 Å². The van der Waals surface area contributed by atoms with E-state index in [1.165, 1.54) is 0 Å². The van der Waals surface area contributed by atoms with Crippen molar-refractivity contribution in [3.05, 3.63) is 12.2 Å². The molecule has 0 aromatic heterocycles. The van der Waals surface area contributed by atoms with Crippen LogP contribution >= 0.6 is 12.4 Å². The maximum absolute atomic E-state index is 11.6. The highest BCUT2D eigenvalue weighted by Crippen LogP contribution is 2.33. The molecule has 0 aromatic carbocycles. The van der Waals surface area contributed by atoms with Crippen LogP contribution in [0.15, 0.2) is 12.2 Å². The third kappa shape index (κ3) is 4.00. The molecule has 0 saturated heterocycles. The normalized spacial score (nSPS) is 14.5. The van der Waals surface area contributed by atoms with Crippen LogP contribution in [0.2, 0.25) is 0 Å². The Bertz CT molecular complexity index is 275. The lowest BCUT2D eigenvalue weighted by Crippen LogP contribution is -2.60. The minimum atomic E-state index is -0.632. The number of carbonyl (C=O) groups excluding carboxylic acids is 1. The van der Waals surface area contributed by atoms with Crippen LogP contribution in [0.1, 0.15) is 53.9 Å². The van der Waals surface area contributed by atoms with E-state index in [1.54, 1.807) is 6.92 Å². The molecule has 0 heterocycles. The van der Waals surface area contributed by atoms with Gasteiger partial charge in [0.15, 0.2) is 0 Å². The molecule has 0 bridgehead atoms. The molecule has 0 aliphatic rings. The summed E-state index contributed by atoms with van der Waals surface area (Å²) < 4.78 is 5.53. The summed E-state index contributed by atoms with van der Waals surface area (Å²) in [6.45, 7) is 13.2. The summed E-state index contributed by atoms with van der Waals surface area (Å²) in [6, 6.07) is 0. The van der Waals surface area contributed by atoms with Crippen molar-refractivity contribution in [2.75, 3.05) is 0 Å². The third-order valence-corrected chi connectivity index (χ3v) is 3.66. The van der Waals surface area contributed by atoms with Crippen molar-refractivity contribution in [1.82, 2.24) is 0 Å². The number of nitrogens with two attached hydrogens (primary N) is 1. The molecule has 0 rings (SSSR count). The van der Waals surface area contributed by atoms with Gasteiger partial charge in [0.1, 0.15) is 5.60 Å². The fourth-order valence-electron chi connectivity index (χ4n) is 1.82. The van der Waals surface area contributed by atoms with E-state index < -0.39 is 11.1 Å². The van der Waals surface area contributed by atoms with Crippen molar-refractivity contribution in [2.24, 2.45) is 5.73 Å². The van der Waals surface area contributed by atoms with Crippen LogP contribution < -0.4 is 5.73 Å². The lowest BCUT2D eigenvalue weighted by molar-refractivity contribution is -0.162. The fraction of sp³-hybridized carbons (Fsp3) is 0.769. The van der Waals surface area contributed by atoms with Crippen molar-refractivity contribution in [2.45, 2.75) is 65.0 Å². The molecule has 102 valence electrons. The topological polar surface area (TPSA) is 52.3 Å². The molecule has 1 unspecified atom stereocenters. The van der Waals surface area contributed by atoms with E-state index in [1.807, 2.05) is 27.7 Å². The second-order valence-electron chi connectivity index (χ2n) is 4.62. The molecule has 0 fully saturated rings. The summed E-state index contributed by atoms with van der Waals surface area (Å²) in [6.07, 6.45) is 2.25. The summed E-state index contributed by atoms with van der Waals surface area (Å²) >= 11 is 0. The van der Waals surface area contributed by atoms with E-state index in [-0.39, 0.29) is 18.4 Å². The second-order valence-corrected chi connectivity index (χ2v) is 4.62. The summed E-state index contributed by atoms with van der Waals surface area (Å²) in [4.78, 5) is 11.6. The van der Waals surface area contributed by atoms with Gasteiger partial charge in [0.25, 0.3) is 0 Å². The predicted molar refractivity (Wildman–Crippen MR) is 74.4 cm³/mol. The van der Waals surface area contributed by atoms with Gasteiger partial charge in [0, 0.05) is 5.57 Å². The molecule has 17 heavy (non-hydrogen) atoms. The van der Waals surface area contributed by atoms with E-state index in [2.05, 4.69) is 6.58 Å². The van der Waals surface area contributed by atoms with Crippen LogP contribution in [-0.4, -0.2) is 17.1 Å². The maximum atomic E-state index is 11.6. The van der Waals surface area contributed by atoms with Gasteiger partial charge < -0.3 is 10.5 Å². The molecule has 0 spiro atoms. The first-order valence-corrected chi connectivity index (χ1v) is 5.94. The van der Waals surface area contributed by atoms with Crippen molar-refractivity contribution in [3.8, 4) is 0 Å². The number of ether oxygens (including phenoxy) is 1. The van der Waals surface area contributed by atoms with Gasteiger partial charge in [-0.1, -0.05) is 27.4 Å². The standard InChI is InChI=1S/C13H25NO2.ClH/c1-7-12(6,13(14,8-2)9-3)16-11(15)10(4)5;/h4,7-9,14H2,1-3,5-6H3;1H. The molecule has 0 saturated carbocycles. The summed E-state index contributed by atoms with van der Waals surface area (Å²) in [7, 11) is 0. The van der Waals surface area contributed by atoms with Gasteiger partial charge in [-0.25, -0.2) is 4.79 Å². The highest BCUT2D eigenvalue weighted by Gasteiger charge is 2.44. The van der Waals surface area contributed by atoms with Gasteiger partial charge >= 0.3 is 5.97 Å². The lowest BCUT2D eigenvalue weighted by Gasteiger charge is -2.44. The molecule has 3 nitrogen and oxygen atoms in total. The summed E-state index contributed by atoms with van der Waals surface area (Å²) in [5, 5.41) is 0. The number of hydrogen-bond acceptors (Lipinski definition) is 3. The zero-order valence-electron chi connectivity index (χ0n) is 11.6. The zero-order valence-corrected chi connectivity index (χ0v) is 12.4. The zero-order chi connectivity index (χ0) is 13.0.